The van der Waals surface area contributed by atoms with Crippen LogP contribution >= 0.6 is 0 Å². The minimum Gasteiger partial charge on any atom is -0.465 e. The van der Waals surface area contributed by atoms with Crippen molar-refractivity contribution in [2.75, 3.05) is 6.61 Å². The number of carbonyl (C=O) groups excluding carboxylic acids is 1. The van der Waals surface area contributed by atoms with Crippen molar-refractivity contribution in [1.82, 2.24) is 9.78 Å². The van der Waals surface area contributed by atoms with E-state index >= 15 is 0 Å². The third-order valence-electron chi connectivity index (χ3n) is 3.57. The highest BCUT2D eigenvalue weighted by Crippen LogP contribution is 2.23. The second-order valence-corrected chi connectivity index (χ2v) is 5.43. The zero-order chi connectivity index (χ0) is 14.8. The summed E-state index contributed by atoms with van der Waals surface area (Å²) in [7, 11) is 0. The standard InChI is InChI=1S/C14H25N3O2/c1-7-19-13(18)14(6,15)8-9(2)17-12(5)10(3)11(4)16-17/h9H,7-8,15H2,1-6H3. The molecule has 108 valence electrons. The van der Waals surface area contributed by atoms with Crippen LogP contribution in [0.5, 0.6) is 0 Å². The van der Waals surface area contributed by atoms with Crippen LogP contribution in [-0.2, 0) is 9.53 Å². The van der Waals surface area contributed by atoms with Crippen LogP contribution in [0.1, 0.15) is 50.2 Å². The molecule has 0 bridgehead atoms. The molecule has 0 saturated carbocycles. The Kier molecular flexibility index (Phi) is 4.74. The molecule has 0 spiro atoms. The Balaban J connectivity index is 2.87. The third kappa shape index (κ3) is 3.35. The first-order valence-corrected chi connectivity index (χ1v) is 6.69. The van der Waals surface area contributed by atoms with Gasteiger partial charge in [0.15, 0.2) is 0 Å². The quantitative estimate of drug-likeness (QED) is 0.829. The molecule has 2 unspecified atom stereocenters. The molecule has 19 heavy (non-hydrogen) atoms. The van der Waals surface area contributed by atoms with Crippen molar-refractivity contribution >= 4 is 5.97 Å². The van der Waals surface area contributed by atoms with Gasteiger partial charge in [0.1, 0.15) is 5.54 Å². The molecule has 5 heteroatoms. The molecule has 0 radical (unpaired) electrons. The summed E-state index contributed by atoms with van der Waals surface area (Å²) in [6.45, 7) is 11.9. The Morgan fingerprint density at radius 1 is 1.47 bits per heavy atom. The molecule has 2 atom stereocenters. The van der Waals surface area contributed by atoms with Crippen LogP contribution in [0.3, 0.4) is 0 Å². The maximum absolute atomic E-state index is 11.8. The van der Waals surface area contributed by atoms with Crippen LogP contribution in [0.25, 0.3) is 0 Å². The Bertz CT molecular complexity index is 464. The SMILES string of the molecule is CCOC(=O)C(C)(N)CC(C)n1nc(C)c(C)c1C. The van der Waals surface area contributed by atoms with Crippen molar-refractivity contribution < 1.29 is 9.53 Å². The molecule has 0 aliphatic heterocycles. The molecule has 1 aromatic heterocycles. The maximum atomic E-state index is 11.8. The van der Waals surface area contributed by atoms with Crippen molar-refractivity contribution in [3.63, 3.8) is 0 Å². The van der Waals surface area contributed by atoms with Gasteiger partial charge in [0, 0.05) is 5.69 Å². The summed E-state index contributed by atoms with van der Waals surface area (Å²) < 4.78 is 6.95. The predicted octanol–water partition coefficient (Wildman–Crippen LogP) is 2.04. The van der Waals surface area contributed by atoms with E-state index in [1.165, 1.54) is 5.56 Å². The van der Waals surface area contributed by atoms with E-state index in [4.69, 9.17) is 10.5 Å². The van der Waals surface area contributed by atoms with Gasteiger partial charge in [0.2, 0.25) is 0 Å². The molecule has 5 nitrogen and oxygen atoms in total. The first kappa shape index (κ1) is 15.7. The normalized spacial score (nSPS) is 15.9. The van der Waals surface area contributed by atoms with Gasteiger partial charge in [-0.15, -0.1) is 0 Å². The highest BCUT2D eigenvalue weighted by atomic mass is 16.5. The number of aromatic nitrogens is 2. The van der Waals surface area contributed by atoms with E-state index in [0.717, 1.165) is 11.4 Å². The Morgan fingerprint density at radius 2 is 2.05 bits per heavy atom. The zero-order valence-corrected chi connectivity index (χ0v) is 12.8. The van der Waals surface area contributed by atoms with Gasteiger partial charge in [-0.05, 0) is 53.5 Å². The van der Waals surface area contributed by atoms with Crippen molar-refractivity contribution in [3.05, 3.63) is 17.0 Å². The van der Waals surface area contributed by atoms with Gasteiger partial charge in [-0.3, -0.25) is 9.48 Å². The first-order chi connectivity index (χ1) is 8.70. The number of ether oxygens (including phenoxy) is 1. The van der Waals surface area contributed by atoms with Gasteiger partial charge in [-0.2, -0.15) is 5.10 Å². The van der Waals surface area contributed by atoms with Gasteiger partial charge in [-0.1, -0.05) is 0 Å². The predicted molar refractivity (Wildman–Crippen MR) is 75.0 cm³/mol. The lowest BCUT2D eigenvalue weighted by Crippen LogP contribution is -2.47. The van der Waals surface area contributed by atoms with Gasteiger partial charge in [0.05, 0.1) is 18.3 Å². The number of carbonyl (C=O) groups is 1. The molecule has 0 fully saturated rings. The highest BCUT2D eigenvalue weighted by Gasteiger charge is 2.33. The third-order valence-corrected chi connectivity index (χ3v) is 3.57. The van der Waals surface area contributed by atoms with Gasteiger partial charge >= 0.3 is 5.97 Å². The lowest BCUT2D eigenvalue weighted by Gasteiger charge is -2.26. The van der Waals surface area contributed by atoms with Gasteiger partial charge in [0.25, 0.3) is 0 Å². The van der Waals surface area contributed by atoms with E-state index in [2.05, 4.69) is 5.10 Å². The second-order valence-electron chi connectivity index (χ2n) is 5.43. The summed E-state index contributed by atoms with van der Waals surface area (Å²) in [5.74, 6) is -0.361. The van der Waals surface area contributed by atoms with Gasteiger partial charge in [-0.25, -0.2) is 0 Å². The fourth-order valence-corrected chi connectivity index (χ4v) is 2.25. The van der Waals surface area contributed by atoms with Crippen LogP contribution in [0.2, 0.25) is 0 Å². The van der Waals surface area contributed by atoms with Gasteiger partial charge < -0.3 is 10.5 Å². The van der Waals surface area contributed by atoms with Crippen molar-refractivity contribution in [2.24, 2.45) is 5.73 Å². The summed E-state index contributed by atoms with van der Waals surface area (Å²) in [6.07, 6.45) is 0.493. The van der Waals surface area contributed by atoms with E-state index in [9.17, 15) is 4.79 Å². The molecule has 0 amide bonds. The van der Waals surface area contributed by atoms with Crippen LogP contribution in [-0.4, -0.2) is 27.9 Å². The van der Waals surface area contributed by atoms with E-state index in [-0.39, 0.29) is 12.0 Å². The summed E-state index contributed by atoms with van der Waals surface area (Å²) in [5.41, 5.74) is 8.38. The van der Waals surface area contributed by atoms with Crippen LogP contribution in [0.4, 0.5) is 0 Å². The largest absolute Gasteiger partial charge is 0.465 e. The van der Waals surface area contributed by atoms with Crippen LogP contribution in [0, 0.1) is 20.8 Å². The molecular formula is C14H25N3O2. The summed E-state index contributed by atoms with van der Waals surface area (Å²) in [6, 6.07) is 0.0480. The number of hydrogen-bond acceptors (Lipinski definition) is 4. The summed E-state index contributed by atoms with van der Waals surface area (Å²) in [5, 5.41) is 4.51. The Labute approximate surface area is 115 Å². The lowest BCUT2D eigenvalue weighted by molar-refractivity contribution is -0.149. The van der Waals surface area contributed by atoms with Crippen molar-refractivity contribution in [2.45, 2.75) is 59.5 Å². The van der Waals surface area contributed by atoms with E-state index in [1.807, 2.05) is 32.4 Å². The minimum atomic E-state index is -0.990. The summed E-state index contributed by atoms with van der Waals surface area (Å²) >= 11 is 0. The summed E-state index contributed by atoms with van der Waals surface area (Å²) in [4.78, 5) is 11.8. The molecule has 1 heterocycles. The van der Waals surface area contributed by atoms with Crippen LogP contribution < -0.4 is 5.73 Å². The van der Waals surface area contributed by atoms with E-state index in [0.29, 0.717) is 13.0 Å². The Hall–Kier alpha value is -1.36. The zero-order valence-electron chi connectivity index (χ0n) is 12.8. The highest BCUT2D eigenvalue weighted by molar-refractivity contribution is 5.80. The fraction of sp³-hybridized carbons (Fsp3) is 0.714. The monoisotopic (exact) mass is 267 g/mol. The number of nitrogens with two attached hydrogens (primary N) is 1. The molecule has 1 aromatic rings. The van der Waals surface area contributed by atoms with E-state index in [1.54, 1.807) is 13.8 Å². The Morgan fingerprint density at radius 3 is 2.47 bits per heavy atom. The number of nitrogens with zero attached hydrogens (tertiary/aromatic N) is 2. The number of esters is 1. The smallest absolute Gasteiger partial charge is 0.325 e. The fourth-order valence-electron chi connectivity index (χ4n) is 2.25. The molecule has 0 aromatic carbocycles. The topological polar surface area (TPSA) is 70.1 Å². The second kappa shape index (κ2) is 5.74. The minimum absolute atomic E-state index is 0.0480. The number of hydrogen-bond donors (Lipinski definition) is 1. The first-order valence-electron chi connectivity index (χ1n) is 6.69. The van der Waals surface area contributed by atoms with E-state index < -0.39 is 5.54 Å². The van der Waals surface area contributed by atoms with Crippen molar-refractivity contribution in [3.8, 4) is 0 Å². The number of aryl methyl sites for hydroxylation is 1. The lowest BCUT2D eigenvalue weighted by atomic mass is 9.95. The average Bonchev–Trinajstić information content (AvgIpc) is 2.57. The molecule has 0 aliphatic rings. The van der Waals surface area contributed by atoms with Crippen molar-refractivity contribution in [1.29, 1.82) is 0 Å². The molecule has 0 saturated heterocycles. The maximum Gasteiger partial charge on any atom is 0.325 e. The molecule has 2 N–H and O–H groups in total. The molecule has 1 rings (SSSR count). The number of rotatable bonds is 5. The average molecular weight is 267 g/mol. The molecule has 0 aliphatic carbocycles. The molecular weight excluding hydrogens is 242 g/mol. The van der Waals surface area contributed by atoms with Crippen LogP contribution in [0.15, 0.2) is 0 Å².